The molecule has 0 spiro atoms. The van der Waals surface area contributed by atoms with Crippen molar-refractivity contribution in [1.29, 1.82) is 0 Å². The predicted molar refractivity (Wildman–Crippen MR) is 69.9 cm³/mol. The lowest BCUT2D eigenvalue weighted by molar-refractivity contribution is 0.0996. The molecule has 1 amide bonds. The van der Waals surface area contributed by atoms with Gasteiger partial charge in [-0.05, 0) is 36.8 Å². The number of anilines is 1. The van der Waals surface area contributed by atoms with Crippen molar-refractivity contribution in [3.8, 4) is 0 Å². The summed E-state index contributed by atoms with van der Waals surface area (Å²) < 4.78 is 0. The van der Waals surface area contributed by atoms with Crippen LogP contribution in [0, 0.1) is 0 Å². The summed E-state index contributed by atoms with van der Waals surface area (Å²) in [5, 5.41) is 0. The zero-order valence-corrected chi connectivity index (χ0v) is 10.8. The molecule has 1 heterocycles. The van der Waals surface area contributed by atoms with Crippen molar-refractivity contribution < 1.29 is 4.79 Å². The van der Waals surface area contributed by atoms with E-state index < -0.39 is 5.91 Å². The Kier molecular flexibility index (Phi) is 4.49. The van der Waals surface area contributed by atoms with Gasteiger partial charge in [0.25, 0.3) is 5.91 Å². The highest BCUT2D eigenvalue weighted by Gasteiger charge is 2.28. The Balaban J connectivity index is 0.000000686. The maximum absolute atomic E-state index is 11.2. The van der Waals surface area contributed by atoms with E-state index in [2.05, 4.69) is 4.98 Å². The molecule has 4 heteroatoms. The summed E-state index contributed by atoms with van der Waals surface area (Å²) in [5.74, 6) is -0.0268. The van der Waals surface area contributed by atoms with Crippen LogP contribution in [0.2, 0.25) is 0 Å². The Morgan fingerprint density at radius 2 is 2.06 bits per heavy atom. The van der Waals surface area contributed by atoms with Crippen molar-refractivity contribution in [2.45, 2.75) is 46.0 Å². The van der Waals surface area contributed by atoms with Gasteiger partial charge in [-0.2, -0.15) is 0 Å². The van der Waals surface area contributed by atoms with Gasteiger partial charge in [-0.25, -0.2) is 4.98 Å². The summed E-state index contributed by atoms with van der Waals surface area (Å²) in [7, 11) is 0. The van der Waals surface area contributed by atoms with Crippen LogP contribution in [0.5, 0.6) is 0 Å². The number of aromatic nitrogens is 1. The van der Waals surface area contributed by atoms with Crippen molar-refractivity contribution >= 4 is 11.6 Å². The number of pyridine rings is 1. The Morgan fingerprint density at radius 3 is 2.47 bits per heavy atom. The van der Waals surface area contributed by atoms with E-state index >= 15 is 0 Å². The van der Waals surface area contributed by atoms with Gasteiger partial charge in [-0.15, -0.1) is 0 Å². The summed E-state index contributed by atoms with van der Waals surface area (Å²) in [6, 6.07) is 2.00. The highest BCUT2D eigenvalue weighted by atomic mass is 16.1. The van der Waals surface area contributed by atoms with Gasteiger partial charge in [0.05, 0.1) is 5.69 Å². The average molecular weight is 235 g/mol. The largest absolute Gasteiger partial charge is 0.397 e. The van der Waals surface area contributed by atoms with Crippen molar-refractivity contribution in [1.82, 2.24) is 4.98 Å². The number of hydrogen-bond donors (Lipinski definition) is 2. The van der Waals surface area contributed by atoms with E-state index in [9.17, 15) is 4.79 Å². The van der Waals surface area contributed by atoms with E-state index in [0.29, 0.717) is 11.6 Å². The van der Waals surface area contributed by atoms with Gasteiger partial charge >= 0.3 is 0 Å². The Labute approximate surface area is 102 Å². The molecule has 2 rings (SSSR count). The number of carbonyl (C=O) groups is 1. The molecule has 1 aromatic heterocycles. The smallest absolute Gasteiger partial charge is 0.269 e. The third kappa shape index (κ3) is 2.96. The first kappa shape index (κ1) is 13.5. The lowest BCUT2D eigenvalue weighted by atomic mass is 10.1. The number of nitrogens with two attached hydrogens (primary N) is 2. The highest BCUT2D eigenvalue weighted by Crippen LogP contribution is 2.43. The van der Waals surface area contributed by atoms with E-state index in [1.54, 1.807) is 0 Å². The molecular formula is C13H21N3O. The van der Waals surface area contributed by atoms with E-state index in [0.717, 1.165) is 30.5 Å². The summed E-state index contributed by atoms with van der Waals surface area (Å²) in [6.45, 7) is 6.00. The third-order valence-corrected chi connectivity index (χ3v) is 2.76. The number of hydrogen-bond acceptors (Lipinski definition) is 3. The van der Waals surface area contributed by atoms with Crippen LogP contribution in [0.25, 0.3) is 0 Å². The monoisotopic (exact) mass is 235 g/mol. The van der Waals surface area contributed by atoms with Crippen molar-refractivity contribution in [3.05, 3.63) is 23.0 Å². The van der Waals surface area contributed by atoms with Crippen molar-refractivity contribution in [3.63, 3.8) is 0 Å². The molecule has 4 N–H and O–H groups in total. The summed E-state index contributed by atoms with van der Waals surface area (Å²) in [5.41, 5.74) is 13.8. The lowest BCUT2D eigenvalue weighted by Gasteiger charge is -2.09. The Hall–Kier alpha value is -1.58. The summed E-state index contributed by atoms with van der Waals surface area (Å²) >= 11 is 0. The summed E-state index contributed by atoms with van der Waals surface area (Å²) in [4.78, 5) is 15.3. The molecule has 4 nitrogen and oxygen atoms in total. The fraction of sp³-hybridized carbons (Fsp3) is 0.538. The molecule has 0 aliphatic heterocycles. The maximum Gasteiger partial charge on any atom is 0.269 e. The Bertz CT molecular complexity index is 411. The van der Waals surface area contributed by atoms with E-state index in [-0.39, 0.29) is 5.69 Å². The predicted octanol–water partition coefficient (Wildman–Crippen LogP) is 2.23. The second-order valence-electron chi connectivity index (χ2n) is 3.96. The van der Waals surface area contributed by atoms with Crippen LogP contribution in [0.3, 0.4) is 0 Å². The first-order valence-corrected chi connectivity index (χ1v) is 6.22. The van der Waals surface area contributed by atoms with Crippen LogP contribution < -0.4 is 11.5 Å². The van der Waals surface area contributed by atoms with Gasteiger partial charge in [0.2, 0.25) is 0 Å². The molecule has 0 bridgehead atoms. The van der Waals surface area contributed by atoms with Gasteiger partial charge in [0.1, 0.15) is 0 Å². The SMILES string of the molecule is CC.CCc1cc(C2CC2)c(N)c(C(N)=O)n1. The van der Waals surface area contributed by atoms with Crippen LogP contribution >= 0.6 is 0 Å². The number of rotatable bonds is 3. The standard InChI is InChI=1S/C11H15N3O.C2H6/c1-2-7-5-8(6-3-4-6)9(12)10(14-7)11(13)15;1-2/h5-6H,2-4,12H2,1H3,(H2,13,15);1-2H3. The second-order valence-corrected chi connectivity index (χ2v) is 3.96. The molecule has 0 atom stereocenters. The number of nitrogens with zero attached hydrogens (tertiary/aromatic N) is 1. The number of carbonyl (C=O) groups excluding carboxylic acids is 1. The molecule has 1 saturated carbocycles. The quantitative estimate of drug-likeness (QED) is 0.842. The molecule has 1 aromatic rings. The minimum absolute atomic E-state index is 0.233. The number of primary amides is 1. The van der Waals surface area contributed by atoms with Gasteiger partial charge in [0, 0.05) is 5.69 Å². The van der Waals surface area contributed by atoms with Gasteiger partial charge in [-0.3, -0.25) is 4.79 Å². The van der Waals surface area contributed by atoms with Crippen molar-refractivity contribution in [2.75, 3.05) is 5.73 Å². The van der Waals surface area contributed by atoms with Crippen LogP contribution in [-0.4, -0.2) is 10.9 Å². The lowest BCUT2D eigenvalue weighted by Crippen LogP contribution is -2.17. The van der Waals surface area contributed by atoms with E-state index in [4.69, 9.17) is 11.5 Å². The van der Waals surface area contributed by atoms with E-state index in [1.165, 1.54) is 0 Å². The van der Waals surface area contributed by atoms with Crippen LogP contribution in [-0.2, 0) is 6.42 Å². The van der Waals surface area contributed by atoms with Crippen LogP contribution in [0.4, 0.5) is 5.69 Å². The molecule has 1 fully saturated rings. The minimum Gasteiger partial charge on any atom is -0.397 e. The maximum atomic E-state index is 11.2. The zero-order valence-electron chi connectivity index (χ0n) is 10.8. The molecule has 94 valence electrons. The van der Waals surface area contributed by atoms with Gasteiger partial charge in [-0.1, -0.05) is 20.8 Å². The number of aryl methyl sites for hydroxylation is 1. The Morgan fingerprint density at radius 1 is 1.47 bits per heavy atom. The fourth-order valence-corrected chi connectivity index (χ4v) is 1.73. The second kappa shape index (κ2) is 5.66. The number of amides is 1. The molecule has 0 aromatic carbocycles. The molecule has 0 unspecified atom stereocenters. The van der Waals surface area contributed by atoms with E-state index in [1.807, 2.05) is 26.8 Å². The topological polar surface area (TPSA) is 82.0 Å². The van der Waals surface area contributed by atoms with Crippen LogP contribution in [0.15, 0.2) is 6.07 Å². The molecule has 1 aliphatic rings. The van der Waals surface area contributed by atoms with Gasteiger partial charge in [0.15, 0.2) is 5.69 Å². The molecule has 1 aliphatic carbocycles. The number of nitrogen functional groups attached to an aromatic ring is 1. The van der Waals surface area contributed by atoms with Gasteiger partial charge < -0.3 is 11.5 Å². The summed E-state index contributed by atoms with van der Waals surface area (Å²) in [6.07, 6.45) is 3.09. The fourth-order valence-electron chi connectivity index (χ4n) is 1.73. The average Bonchev–Trinajstić information content (AvgIpc) is 3.15. The molecule has 0 radical (unpaired) electrons. The van der Waals surface area contributed by atoms with Crippen molar-refractivity contribution in [2.24, 2.45) is 5.73 Å². The highest BCUT2D eigenvalue weighted by molar-refractivity contribution is 5.96. The third-order valence-electron chi connectivity index (χ3n) is 2.76. The first-order chi connectivity index (χ1) is 8.13. The molecular weight excluding hydrogens is 214 g/mol. The molecule has 0 saturated heterocycles. The normalized spacial score (nSPS) is 13.8. The van der Waals surface area contributed by atoms with Crippen LogP contribution in [0.1, 0.15) is 61.3 Å². The molecule has 17 heavy (non-hydrogen) atoms. The minimum atomic E-state index is -0.537. The zero-order chi connectivity index (χ0) is 13.0. The first-order valence-electron chi connectivity index (χ1n) is 6.22.